The molecule has 2 amide bonds. The summed E-state index contributed by atoms with van der Waals surface area (Å²) in [6.07, 6.45) is 1.87. The second-order valence-electron chi connectivity index (χ2n) is 7.56. The number of hydrogen-bond donors (Lipinski definition) is 1. The Bertz CT molecular complexity index is 694. The van der Waals surface area contributed by atoms with E-state index in [1.165, 1.54) is 12.1 Å². The summed E-state index contributed by atoms with van der Waals surface area (Å²) in [4.78, 5) is 29.1. The number of carbonyl (C=O) groups is 2. The molecule has 0 saturated carbocycles. The van der Waals surface area contributed by atoms with Gasteiger partial charge in [-0.3, -0.25) is 14.5 Å². The summed E-state index contributed by atoms with van der Waals surface area (Å²) in [5.41, 5.74) is 0.797. The highest BCUT2D eigenvalue weighted by atomic mass is 19.1. The van der Waals surface area contributed by atoms with E-state index in [9.17, 15) is 14.0 Å². The fraction of sp³-hybridized carbons (Fsp3) is 0.619. The van der Waals surface area contributed by atoms with Crippen LogP contribution in [-0.2, 0) is 25.6 Å². The molecule has 160 valence electrons. The van der Waals surface area contributed by atoms with E-state index < -0.39 is 6.04 Å². The monoisotopic (exact) mass is 407 g/mol. The Labute approximate surface area is 171 Å². The van der Waals surface area contributed by atoms with Crippen molar-refractivity contribution in [2.24, 2.45) is 0 Å². The molecule has 0 spiro atoms. The van der Waals surface area contributed by atoms with E-state index in [0.29, 0.717) is 45.9 Å². The molecular weight excluding hydrogens is 377 g/mol. The van der Waals surface area contributed by atoms with Gasteiger partial charge in [-0.05, 0) is 30.5 Å². The molecule has 2 aliphatic rings. The lowest BCUT2D eigenvalue weighted by molar-refractivity contribution is -0.140. The second kappa shape index (κ2) is 10.7. The number of piperazine rings is 1. The molecule has 1 atom stereocenters. The maximum absolute atomic E-state index is 13.5. The summed E-state index contributed by atoms with van der Waals surface area (Å²) in [6.45, 7) is 4.00. The third kappa shape index (κ3) is 6.22. The lowest BCUT2D eigenvalue weighted by Gasteiger charge is -2.37. The Kier molecular flexibility index (Phi) is 7.97. The van der Waals surface area contributed by atoms with Crippen LogP contribution in [0.25, 0.3) is 0 Å². The van der Waals surface area contributed by atoms with Crippen LogP contribution in [0, 0.1) is 5.82 Å². The van der Waals surface area contributed by atoms with Crippen molar-refractivity contribution >= 4 is 11.8 Å². The molecule has 2 aliphatic heterocycles. The fourth-order valence-electron chi connectivity index (χ4n) is 3.91. The number of ether oxygens (including phenoxy) is 2. The number of piperidine rings is 1. The summed E-state index contributed by atoms with van der Waals surface area (Å²) in [5.74, 6) is -0.461. The van der Waals surface area contributed by atoms with Crippen molar-refractivity contribution in [1.29, 1.82) is 0 Å². The highest BCUT2D eigenvalue weighted by Gasteiger charge is 2.34. The van der Waals surface area contributed by atoms with Crippen LogP contribution in [0.3, 0.4) is 0 Å². The van der Waals surface area contributed by atoms with Gasteiger partial charge in [0.15, 0.2) is 0 Å². The van der Waals surface area contributed by atoms with E-state index in [-0.39, 0.29) is 30.2 Å². The van der Waals surface area contributed by atoms with E-state index >= 15 is 0 Å². The molecule has 0 radical (unpaired) electrons. The number of nitrogens with zero attached hydrogens (tertiary/aromatic N) is 2. The second-order valence-corrected chi connectivity index (χ2v) is 7.56. The third-order valence-corrected chi connectivity index (χ3v) is 5.52. The molecule has 0 aliphatic carbocycles. The first kappa shape index (κ1) is 21.7. The molecule has 1 aromatic rings. The molecule has 7 nitrogen and oxygen atoms in total. The van der Waals surface area contributed by atoms with Gasteiger partial charge in [0.25, 0.3) is 0 Å². The normalized spacial score (nSPS) is 21.2. The average Bonchev–Trinajstić information content (AvgIpc) is 2.71. The van der Waals surface area contributed by atoms with E-state index in [4.69, 9.17) is 9.47 Å². The van der Waals surface area contributed by atoms with Gasteiger partial charge >= 0.3 is 0 Å². The van der Waals surface area contributed by atoms with Crippen molar-refractivity contribution in [3.05, 3.63) is 35.6 Å². The molecule has 3 rings (SSSR count). The molecule has 0 aromatic heterocycles. The highest BCUT2D eigenvalue weighted by Crippen LogP contribution is 2.19. The zero-order valence-corrected chi connectivity index (χ0v) is 16.9. The summed E-state index contributed by atoms with van der Waals surface area (Å²) < 4.78 is 24.2. The lowest BCUT2D eigenvalue weighted by atomic mass is 10.0. The van der Waals surface area contributed by atoms with Crippen molar-refractivity contribution < 1.29 is 23.5 Å². The molecule has 2 heterocycles. The first-order valence-electron chi connectivity index (χ1n) is 10.2. The van der Waals surface area contributed by atoms with Crippen molar-refractivity contribution in [3.8, 4) is 0 Å². The predicted octanol–water partition coefficient (Wildman–Crippen LogP) is 1.17. The van der Waals surface area contributed by atoms with Crippen molar-refractivity contribution in [3.63, 3.8) is 0 Å². The Hall–Kier alpha value is -2.03. The van der Waals surface area contributed by atoms with Gasteiger partial charge in [-0.15, -0.1) is 0 Å². The molecule has 2 saturated heterocycles. The van der Waals surface area contributed by atoms with Gasteiger partial charge < -0.3 is 19.7 Å². The van der Waals surface area contributed by atoms with Crippen molar-refractivity contribution in [1.82, 2.24) is 15.1 Å². The Morgan fingerprint density at radius 1 is 1.24 bits per heavy atom. The zero-order chi connectivity index (χ0) is 20.6. The van der Waals surface area contributed by atoms with Gasteiger partial charge in [0, 0.05) is 39.8 Å². The lowest BCUT2D eigenvalue weighted by Crippen LogP contribution is -2.56. The standard InChI is InChI=1S/C21H30FN3O4/c1-28-11-12-29-18-5-8-24(9-6-18)20(26)14-19-21(27)23-7-10-25(19)15-16-3-2-4-17(22)13-16/h2-4,13,18-19H,5-12,14-15H2,1H3,(H,23,27). The molecule has 1 N–H and O–H groups in total. The number of hydrogen-bond acceptors (Lipinski definition) is 5. The van der Waals surface area contributed by atoms with Gasteiger partial charge in [-0.2, -0.15) is 0 Å². The SMILES string of the molecule is COCCOC1CCN(C(=O)CC2C(=O)NCCN2Cc2cccc(F)c2)CC1. The summed E-state index contributed by atoms with van der Waals surface area (Å²) in [7, 11) is 1.64. The summed E-state index contributed by atoms with van der Waals surface area (Å²) in [5, 5.41) is 2.85. The minimum atomic E-state index is -0.532. The average molecular weight is 407 g/mol. The van der Waals surface area contributed by atoms with E-state index in [0.717, 1.165) is 18.4 Å². The number of methoxy groups -OCH3 is 1. The largest absolute Gasteiger partial charge is 0.382 e. The van der Waals surface area contributed by atoms with E-state index in [1.54, 1.807) is 13.2 Å². The van der Waals surface area contributed by atoms with Crippen molar-refractivity contribution in [2.45, 2.75) is 38.0 Å². The maximum atomic E-state index is 13.5. The van der Waals surface area contributed by atoms with Crippen LogP contribution >= 0.6 is 0 Å². The maximum Gasteiger partial charge on any atom is 0.237 e. The number of amides is 2. The fourth-order valence-corrected chi connectivity index (χ4v) is 3.91. The van der Waals surface area contributed by atoms with Crippen LogP contribution in [0.2, 0.25) is 0 Å². The molecule has 2 fully saturated rings. The van der Waals surface area contributed by atoms with Gasteiger partial charge in [0.05, 0.1) is 31.8 Å². The minimum absolute atomic E-state index is 0.0216. The molecule has 1 unspecified atom stereocenters. The first-order valence-corrected chi connectivity index (χ1v) is 10.2. The van der Waals surface area contributed by atoms with Crippen LogP contribution in [-0.4, -0.2) is 80.3 Å². The number of rotatable bonds is 8. The van der Waals surface area contributed by atoms with Gasteiger partial charge in [-0.1, -0.05) is 12.1 Å². The van der Waals surface area contributed by atoms with Crippen LogP contribution in [0.15, 0.2) is 24.3 Å². The summed E-state index contributed by atoms with van der Waals surface area (Å²) >= 11 is 0. The Morgan fingerprint density at radius 3 is 2.76 bits per heavy atom. The van der Waals surface area contributed by atoms with E-state index in [1.807, 2.05) is 15.9 Å². The van der Waals surface area contributed by atoms with Crippen LogP contribution in [0.1, 0.15) is 24.8 Å². The zero-order valence-electron chi connectivity index (χ0n) is 16.9. The molecule has 1 aromatic carbocycles. The number of likely N-dealkylation sites (tertiary alicyclic amines) is 1. The third-order valence-electron chi connectivity index (χ3n) is 5.52. The van der Waals surface area contributed by atoms with Gasteiger partial charge in [-0.25, -0.2) is 4.39 Å². The van der Waals surface area contributed by atoms with E-state index in [2.05, 4.69) is 5.32 Å². The Balaban J connectivity index is 1.53. The quantitative estimate of drug-likeness (QED) is 0.655. The number of benzene rings is 1. The van der Waals surface area contributed by atoms with Gasteiger partial charge in [0.1, 0.15) is 5.82 Å². The number of halogens is 1. The first-order chi connectivity index (χ1) is 14.1. The highest BCUT2D eigenvalue weighted by molar-refractivity contribution is 5.88. The number of nitrogens with one attached hydrogen (secondary N) is 1. The molecule has 0 bridgehead atoms. The number of carbonyl (C=O) groups excluding carboxylic acids is 2. The molecule has 8 heteroatoms. The smallest absolute Gasteiger partial charge is 0.237 e. The Morgan fingerprint density at radius 2 is 2.03 bits per heavy atom. The molecule has 29 heavy (non-hydrogen) atoms. The van der Waals surface area contributed by atoms with Gasteiger partial charge in [0.2, 0.25) is 11.8 Å². The minimum Gasteiger partial charge on any atom is -0.382 e. The van der Waals surface area contributed by atoms with Crippen LogP contribution < -0.4 is 5.32 Å². The van der Waals surface area contributed by atoms with Crippen LogP contribution in [0.4, 0.5) is 4.39 Å². The topological polar surface area (TPSA) is 71.1 Å². The molecular formula is C21H30FN3O4. The van der Waals surface area contributed by atoms with Crippen LogP contribution in [0.5, 0.6) is 0 Å². The van der Waals surface area contributed by atoms with Crippen molar-refractivity contribution in [2.75, 3.05) is 46.5 Å². The predicted molar refractivity (Wildman–Crippen MR) is 106 cm³/mol. The summed E-state index contributed by atoms with van der Waals surface area (Å²) in [6, 6.07) is 5.84.